The van der Waals surface area contributed by atoms with Crippen LogP contribution in [0.1, 0.15) is 0 Å². The zero-order valence-corrected chi connectivity index (χ0v) is 33.2. The van der Waals surface area contributed by atoms with E-state index >= 15 is 0 Å². The molecule has 4 aromatic heterocycles. The van der Waals surface area contributed by atoms with Gasteiger partial charge in [0.2, 0.25) is 0 Å². The molecule has 8 aromatic carbocycles. The highest BCUT2D eigenvalue weighted by Gasteiger charge is 2.25. The van der Waals surface area contributed by atoms with Gasteiger partial charge in [0.1, 0.15) is 11.2 Å². The maximum absolute atomic E-state index is 6.82. The topological polar surface area (TPSA) is 82.5 Å². The molecule has 7 heteroatoms. The zero-order valence-electron chi connectivity index (χ0n) is 33.2. The highest BCUT2D eigenvalue weighted by molar-refractivity contribution is 6.27. The van der Waals surface area contributed by atoms with Crippen molar-refractivity contribution in [1.29, 1.82) is 0 Å². The molecule has 0 aliphatic rings. The van der Waals surface area contributed by atoms with Crippen LogP contribution in [0.4, 0.5) is 0 Å². The third-order valence-corrected chi connectivity index (χ3v) is 11.4. The fourth-order valence-corrected chi connectivity index (χ4v) is 8.57. The molecule has 0 fully saturated rings. The van der Waals surface area contributed by atoms with Crippen LogP contribution < -0.4 is 0 Å². The molecule has 12 aromatic rings. The maximum atomic E-state index is 6.82. The minimum atomic E-state index is 0.561. The molecule has 0 saturated carbocycles. The number of para-hydroxylation sites is 2. The monoisotopic (exact) mass is 794 g/mol. The summed E-state index contributed by atoms with van der Waals surface area (Å²) in [5, 5.41) is 4.06. The van der Waals surface area contributed by atoms with Gasteiger partial charge in [-0.2, -0.15) is 0 Å². The van der Waals surface area contributed by atoms with Crippen LogP contribution in [0.2, 0.25) is 0 Å². The Morgan fingerprint density at radius 2 is 0.855 bits per heavy atom. The maximum Gasteiger partial charge on any atom is 0.166 e. The van der Waals surface area contributed by atoms with Crippen molar-refractivity contribution in [2.75, 3.05) is 0 Å². The molecule has 0 bridgehead atoms. The quantitative estimate of drug-likeness (QED) is 0.160. The van der Waals surface area contributed by atoms with E-state index in [2.05, 4.69) is 102 Å². The molecule has 0 radical (unpaired) electrons. The van der Waals surface area contributed by atoms with Crippen molar-refractivity contribution in [3.05, 3.63) is 206 Å². The van der Waals surface area contributed by atoms with E-state index in [1.807, 2.05) is 109 Å². The summed E-state index contributed by atoms with van der Waals surface area (Å²) < 4.78 is 9.14. The number of nitrogens with zero attached hydrogens (tertiary/aromatic N) is 6. The summed E-state index contributed by atoms with van der Waals surface area (Å²) in [5.74, 6) is 2.41. The fraction of sp³-hybridized carbons (Fsp3) is 0. The summed E-state index contributed by atoms with van der Waals surface area (Å²) in [4.78, 5) is 25.9. The van der Waals surface area contributed by atoms with Crippen LogP contribution in [0.5, 0.6) is 0 Å². The molecule has 12 rings (SSSR count). The van der Waals surface area contributed by atoms with Crippen LogP contribution >= 0.6 is 0 Å². The molecule has 0 aliphatic heterocycles. The number of hydrogen-bond donors (Lipinski definition) is 0. The molecule has 0 amide bonds. The zero-order chi connectivity index (χ0) is 41.0. The number of rotatable bonds is 7. The normalized spacial score (nSPS) is 11.5. The predicted molar refractivity (Wildman–Crippen MR) is 250 cm³/mol. The Balaban J connectivity index is 1.16. The molecule has 62 heavy (non-hydrogen) atoms. The van der Waals surface area contributed by atoms with Gasteiger partial charge in [0.25, 0.3) is 0 Å². The van der Waals surface area contributed by atoms with Crippen molar-refractivity contribution < 1.29 is 4.42 Å². The third kappa shape index (κ3) is 6.02. The molecule has 0 unspecified atom stereocenters. The highest BCUT2D eigenvalue weighted by atomic mass is 16.3. The Morgan fingerprint density at radius 1 is 0.355 bits per heavy atom. The number of hydrogen-bond acceptors (Lipinski definition) is 6. The van der Waals surface area contributed by atoms with Gasteiger partial charge in [-0.05, 0) is 36.4 Å². The second-order valence-corrected chi connectivity index (χ2v) is 15.3. The standard InChI is InChI=1S/C55H34N6O/c1-5-18-35(19-6-1)45-34-46(57-52(56-45)36-20-7-2-8-21-36)39-26-17-27-40(32-39)61-47-30-15-13-29-42(47)49-50(61)44(33-43-41-28-14-16-31-48(41)62-51(43)49)55-59-53(37-22-9-3-10-23-37)58-54(60-55)38-24-11-4-12-25-38/h1-34H. The minimum Gasteiger partial charge on any atom is -0.455 e. The molecule has 0 N–H and O–H groups in total. The van der Waals surface area contributed by atoms with Crippen molar-refractivity contribution >= 4 is 43.7 Å². The van der Waals surface area contributed by atoms with Crippen LogP contribution in [-0.2, 0) is 0 Å². The van der Waals surface area contributed by atoms with Gasteiger partial charge in [-0.15, -0.1) is 0 Å². The van der Waals surface area contributed by atoms with E-state index in [0.29, 0.717) is 23.3 Å². The first-order valence-corrected chi connectivity index (χ1v) is 20.6. The Morgan fingerprint density at radius 3 is 1.50 bits per heavy atom. The SMILES string of the molecule is c1ccc(-c2cc(-c3cccc(-n4c5ccccc5c5c6oc7ccccc7c6cc(-c6nc(-c7ccccc7)nc(-c7ccccc7)n6)c54)c3)nc(-c3ccccc3)n2)cc1. The fourth-order valence-electron chi connectivity index (χ4n) is 8.57. The summed E-state index contributed by atoms with van der Waals surface area (Å²) in [6.45, 7) is 0. The second-order valence-electron chi connectivity index (χ2n) is 15.3. The van der Waals surface area contributed by atoms with E-state index in [-0.39, 0.29) is 0 Å². The van der Waals surface area contributed by atoms with Crippen molar-refractivity contribution in [2.45, 2.75) is 0 Å². The Labute approximate surface area is 356 Å². The summed E-state index contributed by atoms with van der Waals surface area (Å²) in [7, 11) is 0. The summed E-state index contributed by atoms with van der Waals surface area (Å²) in [6.07, 6.45) is 0. The van der Waals surface area contributed by atoms with E-state index in [1.165, 1.54) is 0 Å². The highest BCUT2D eigenvalue weighted by Crippen LogP contribution is 2.45. The van der Waals surface area contributed by atoms with Crippen LogP contribution in [0, 0.1) is 0 Å². The number of fused-ring (bicyclic) bond motifs is 7. The van der Waals surface area contributed by atoms with Crippen molar-refractivity contribution in [1.82, 2.24) is 29.5 Å². The van der Waals surface area contributed by atoms with Crippen LogP contribution in [0.15, 0.2) is 211 Å². The van der Waals surface area contributed by atoms with Gasteiger partial charge >= 0.3 is 0 Å². The smallest absolute Gasteiger partial charge is 0.166 e. The van der Waals surface area contributed by atoms with Crippen LogP contribution in [0.3, 0.4) is 0 Å². The Hall–Kier alpha value is -8.55. The molecule has 290 valence electrons. The van der Waals surface area contributed by atoms with E-state index in [0.717, 1.165) is 94.2 Å². The number of furan rings is 1. The molecular weight excluding hydrogens is 761 g/mol. The average molecular weight is 795 g/mol. The lowest BCUT2D eigenvalue weighted by Gasteiger charge is -2.14. The average Bonchev–Trinajstić information content (AvgIpc) is 3.91. The molecule has 0 spiro atoms. The second kappa shape index (κ2) is 14.6. The van der Waals surface area contributed by atoms with E-state index in [4.69, 9.17) is 29.3 Å². The van der Waals surface area contributed by atoms with Crippen molar-refractivity contribution in [2.24, 2.45) is 0 Å². The van der Waals surface area contributed by atoms with Crippen LogP contribution in [-0.4, -0.2) is 29.5 Å². The summed E-state index contributed by atoms with van der Waals surface area (Å²) >= 11 is 0. The predicted octanol–water partition coefficient (Wildman–Crippen LogP) is 13.7. The van der Waals surface area contributed by atoms with Gasteiger partial charge in [-0.1, -0.05) is 170 Å². The number of aromatic nitrogens is 6. The first-order chi connectivity index (χ1) is 30.7. The molecular formula is C55H34N6O. The first-order valence-electron chi connectivity index (χ1n) is 20.6. The lowest BCUT2D eigenvalue weighted by molar-refractivity contribution is 0.673. The minimum absolute atomic E-state index is 0.561. The van der Waals surface area contributed by atoms with Gasteiger partial charge in [0.05, 0.1) is 27.8 Å². The lowest BCUT2D eigenvalue weighted by atomic mass is 10.0. The van der Waals surface area contributed by atoms with Gasteiger partial charge < -0.3 is 8.98 Å². The lowest BCUT2D eigenvalue weighted by Crippen LogP contribution is -2.02. The van der Waals surface area contributed by atoms with Gasteiger partial charge in [-0.3, -0.25) is 0 Å². The first kappa shape index (κ1) is 35.4. The molecule has 7 nitrogen and oxygen atoms in total. The van der Waals surface area contributed by atoms with Gasteiger partial charge in [0.15, 0.2) is 23.3 Å². The van der Waals surface area contributed by atoms with Gasteiger partial charge in [0, 0.05) is 55.2 Å². The van der Waals surface area contributed by atoms with Crippen molar-refractivity contribution in [3.63, 3.8) is 0 Å². The van der Waals surface area contributed by atoms with Crippen LogP contribution in [0.25, 0.3) is 117 Å². The molecule has 0 saturated heterocycles. The largest absolute Gasteiger partial charge is 0.455 e. The van der Waals surface area contributed by atoms with E-state index < -0.39 is 0 Å². The molecule has 4 heterocycles. The number of benzene rings is 8. The van der Waals surface area contributed by atoms with Crippen molar-refractivity contribution in [3.8, 4) is 73.8 Å². The Kier molecular flexibility index (Phi) is 8.35. The summed E-state index contributed by atoms with van der Waals surface area (Å²) in [6, 6.07) is 70.2. The Bertz CT molecular complexity index is 3510. The summed E-state index contributed by atoms with van der Waals surface area (Å²) in [5.41, 5.74) is 11.8. The van der Waals surface area contributed by atoms with Gasteiger partial charge in [-0.25, -0.2) is 24.9 Å². The molecule has 0 aliphatic carbocycles. The molecule has 0 atom stereocenters. The van der Waals surface area contributed by atoms with E-state index in [1.54, 1.807) is 0 Å². The van der Waals surface area contributed by atoms with E-state index in [9.17, 15) is 0 Å². The third-order valence-electron chi connectivity index (χ3n) is 11.4.